The zero-order chi connectivity index (χ0) is 23.2. The van der Waals surface area contributed by atoms with Crippen LogP contribution in [0.1, 0.15) is 22.7 Å². The van der Waals surface area contributed by atoms with E-state index in [1.54, 1.807) is 12.1 Å². The summed E-state index contributed by atoms with van der Waals surface area (Å²) >= 11 is 12.2. The molecule has 32 heavy (non-hydrogen) atoms. The van der Waals surface area contributed by atoms with E-state index in [9.17, 15) is 24.2 Å². The lowest BCUT2D eigenvalue weighted by molar-refractivity contribution is -0.132. The number of nitrogens with zero attached hydrogens (tertiary/aromatic N) is 1. The average molecular weight is 472 g/mol. The van der Waals surface area contributed by atoms with Crippen LogP contribution in [0.4, 0.5) is 10.1 Å². The Labute approximate surface area is 192 Å². The minimum absolute atomic E-state index is 0.0881. The number of hydrogen-bond donors (Lipinski definition) is 2. The molecule has 1 saturated heterocycles. The normalized spacial score (nSPS) is 17.8. The third-order valence-electron chi connectivity index (χ3n) is 5.19. The highest BCUT2D eigenvalue weighted by atomic mass is 35.5. The lowest BCUT2D eigenvalue weighted by Crippen LogP contribution is -2.29. The van der Waals surface area contributed by atoms with E-state index in [0.717, 1.165) is 4.90 Å². The Kier molecular flexibility index (Phi) is 5.67. The maximum atomic E-state index is 13.7. The van der Waals surface area contributed by atoms with Gasteiger partial charge in [-0.15, -0.1) is 0 Å². The second-order valence-electron chi connectivity index (χ2n) is 7.36. The number of aryl methyl sites for hydroxylation is 1. The Balaban J connectivity index is 1.99. The van der Waals surface area contributed by atoms with E-state index in [2.05, 4.69) is 0 Å². The molecular formula is C24H16Cl2FNO4. The molecule has 0 bridgehead atoms. The smallest absolute Gasteiger partial charge is 0.300 e. The monoisotopic (exact) mass is 471 g/mol. The third-order valence-corrected chi connectivity index (χ3v) is 5.62. The molecule has 162 valence electrons. The number of rotatable bonds is 3. The molecule has 1 atom stereocenters. The fourth-order valence-electron chi connectivity index (χ4n) is 3.73. The highest BCUT2D eigenvalue weighted by Gasteiger charge is 2.47. The van der Waals surface area contributed by atoms with Gasteiger partial charge in [0.2, 0.25) is 0 Å². The van der Waals surface area contributed by atoms with Gasteiger partial charge >= 0.3 is 0 Å². The third kappa shape index (κ3) is 3.83. The van der Waals surface area contributed by atoms with Gasteiger partial charge in [-0.25, -0.2) is 4.39 Å². The van der Waals surface area contributed by atoms with E-state index in [1.165, 1.54) is 55.5 Å². The summed E-state index contributed by atoms with van der Waals surface area (Å²) in [7, 11) is 0. The van der Waals surface area contributed by atoms with Crippen molar-refractivity contribution < 1.29 is 24.2 Å². The first-order chi connectivity index (χ1) is 15.2. The number of aliphatic hydroxyl groups is 1. The molecule has 0 spiro atoms. The Bertz CT molecular complexity index is 1280. The summed E-state index contributed by atoms with van der Waals surface area (Å²) in [6.45, 7) is 1.52. The quantitative estimate of drug-likeness (QED) is 0.288. The zero-order valence-electron chi connectivity index (χ0n) is 16.6. The standard InChI is InChI=1S/C24H16Cl2FNO4/c1-12-7-14(5-6-19(12)27)22(30)20-21(13-3-2-4-18(29)8-13)28(24(32)23(20)31)17-10-15(25)9-16(26)11-17/h2-11,21,29-30H,1H3/b22-20+. The van der Waals surface area contributed by atoms with Crippen LogP contribution < -0.4 is 4.90 Å². The molecule has 1 unspecified atom stereocenters. The number of benzene rings is 3. The molecule has 4 rings (SSSR count). The van der Waals surface area contributed by atoms with E-state index in [1.807, 2.05) is 0 Å². The number of phenolic OH excluding ortho intramolecular Hbond substituents is 1. The number of ketones is 1. The number of anilines is 1. The van der Waals surface area contributed by atoms with Gasteiger partial charge in [0.25, 0.3) is 11.7 Å². The van der Waals surface area contributed by atoms with Gasteiger partial charge in [0, 0.05) is 21.3 Å². The Morgan fingerprint density at radius 1 is 1.00 bits per heavy atom. The van der Waals surface area contributed by atoms with Crippen molar-refractivity contribution in [3.63, 3.8) is 0 Å². The first kappa shape index (κ1) is 21.9. The van der Waals surface area contributed by atoms with Crippen LogP contribution in [-0.2, 0) is 9.59 Å². The summed E-state index contributed by atoms with van der Waals surface area (Å²) in [5.41, 5.74) is 0.852. The molecule has 1 heterocycles. The average Bonchev–Trinajstić information content (AvgIpc) is 3.00. The maximum Gasteiger partial charge on any atom is 0.300 e. The topological polar surface area (TPSA) is 77.8 Å². The lowest BCUT2D eigenvalue weighted by atomic mass is 9.94. The van der Waals surface area contributed by atoms with Gasteiger partial charge in [-0.1, -0.05) is 35.3 Å². The van der Waals surface area contributed by atoms with Gasteiger partial charge in [0.1, 0.15) is 17.3 Å². The van der Waals surface area contributed by atoms with Crippen molar-refractivity contribution >= 4 is 46.3 Å². The van der Waals surface area contributed by atoms with E-state index in [-0.39, 0.29) is 38.2 Å². The number of amides is 1. The minimum atomic E-state index is -1.08. The van der Waals surface area contributed by atoms with Crippen molar-refractivity contribution in [3.8, 4) is 5.75 Å². The van der Waals surface area contributed by atoms with E-state index >= 15 is 0 Å². The summed E-state index contributed by atoms with van der Waals surface area (Å²) in [5.74, 6) is -2.86. The summed E-state index contributed by atoms with van der Waals surface area (Å²) in [6.07, 6.45) is 0. The molecule has 2 N–H and O–H groups in total. The number of carbonyl (C=O) groups excluding carboxylic acids is 2. The molecule has 3 aromatic carbocycles. The SMILES string of the molecule is Cc1cc(/C(O)=C2\C(=O)C(=O)N(c3cc(Cl)cc(Cl)c3)C2c2cccc(O)c2)ccc1F. The molecule has 0 aromatic heterocycles. The van der Waals surface area contributed by atoms with Gasteiger partial charge < -0.3 is 10.2 Å². The number of aliphatic hydroxyl groups excluding tert-OH is 1. The molecule has 1 fully saturated rings. The van der Waals surface area contributed by atoms with Gasteiger partial charge in [-0.3, -0.25) is 14.5 Å². The predicted octanol–water partition coefficient (Wildman–Crippen LogP) is 5.77. The number of phenols is 1. The highest BCUT2D eigenvalue weighted by molar-refractivity contribution is 6.52. The van der Waals surface area contributed by atoms with E-state index < -0.39 is 29.3 Å². The molecule has 5 nitrogen and oxygen atoms in total. The van der Waals surface area contributed by atoms with E-state index in [0.29, 0.717) is 5.56 Å². The van der Waals surface area contributed by atoms with Crippen molar-refractivity contribution in [1.82, 2.24) is 0 Å². The first-order valence-electron chi connectivity index (χ1n) is 9.50. The van der Waals surface area contributed by atoms with Crippen LogP contribution in [0.25, 0.3) is 5.76 Å². The predicted molar refractivity (Wildman–Crippen MR) is 120 cm³/mol. The zero-order valence-corrected chi connectivity index (χ0v) is 18.2. The Morgan fingerprint density at radius 2 is 1.69 bits per heavy atom. The summed E-state index contributed by atoms with van der Waals surface area (Å²) in [4.78, 5) is 27.3. The Morgan fingerprint density at radius 3 is 2.31 bits per heavy atom. The number of carbonyl (C=O) groups is 2. The molecule has 1 amide bonds. The van der Waals surface area contributed by atoms with Crippen LogP contribution in [0.15, 0.2) is 66.2 Å². The van der Waals surface area contributed by atoms with Gasteiger partial charge in [-0.2, -0.15) is 0 Å². The fraction of sp³-hybridized carbons (Fsp3) is 0.0833. The molecule has 0 aliphatic carbocycles. The second kappa shape index (κ2) is 8.30. The minimum Gasteiger partial charge on any atom is -0.508 e. The van der Waals surface area contributed by atoms with Crippen LogP contribution in [0.5, 0.6) is 5.75 Å². The molecule has 0 radical (unpaired) electrons. The number of hydrogen-bond acceptors (Lipinski definition) is 4. The fourth-order valence-corrected chi connectivity index (χ4v) is 4.25. The summed E-state index contributed by atoms with van der Waals surface area (Å²) in [6, 6.07) is 13.2. The van der Waals surface area contributed by atoms with Crippen molar-refractivity contribution in [2.24, 2.45) is 0 Å². The number of halogens is 3. The van der Waals surface area contributed by atoms with Crippen molar-refractivity contribution in [1.29, 1.82) is 0 Å². The number of aromatic hydroxyl groups is 1. The summed E-state index contributed by atoms with van der Waals surface area (Å²) in [5, 5.41) is 21.5. The molecule has 1 aliphatic heterocycles. The first-order valence-corrected chi connectivity index (χ1v) is 10.3. The molecule has 0 saturated carbocycles. The molecule has 3 aromatic rings. The summed E-state index contributed by atoms with van der Waals surface area (Å²) < 4.78 is 13.7. The van der Waals surface area contributed by atoms with Crippen LogP contribution in [0, 0.1) is 12.7 Å². The van der Waals surface area contributed by atoms with Crippen LogP contribution >= 0.6 is 23.2 Å². The highest BCUT2D eigenvalue weighted by Crippen LogP contribution is 2.43. The molecule has 1 aliphatic rings. The van der Waals surface area contributed by atoms with Crippen LogP contribution in [-0.4, -0.2) is 21.9 Å². The van der Waals surface area contributed by atoms with Gasteiger partial charge in [0.15, 0.2) is 0 Å². The van der Waals surface area contributed by atoms with Gasteiger partial charge in [0.05, 0.1) is 11.6 Å². The molecular weight excluding hydrogens is 456 g/mol. The van der Waals surface area contributed by atoms with Gasteiger partial charge in [-0.05, 0) is 66.6 Å². The number of Topliss-reactive ketones (excluding diaryl/α,β-unsaturated/α-hetero) is 1. The van der Waals surface area contributed by atoms with Crippen molar-refractivity contribution in [2.45, 2.75) is 13.0 Å². The maximum absolute atomic E-state index is 13.7. The second-order valence-corrected chi connectivity index (χ2v) is 8.23. The van der Waals surface area contributed by atoms with Crippen LogP contribution in [0.3, 0.4) is 0 Å². The van der Waals surface area contributed by atoms with Crippen LogP contribution in [0.2, 0.25) is 10.0 Å². The van der Waals surface area contributed by atoms with Crippen molar-refractivity contribution in [2.75, 3.05) is 4.90 Å². The Hall–Kier alpha value is -3.35. The van der Waals surface area contributed by atoms with E-state index in [4.69, 9.17) is 23.2 Å². The largest absolute Gasteiger partial charge is 0.508 e. The molecule has 8 heteroatoms. The van der Waals surface area contributed by atoms with Crippen molar-refractivity contribution in [3.05, 3.63) is 98.8 Å². The lowest BCUT2D eigenvalue weighted by Gasteiger charge is -2.26.